The minimum Gasteiger partial charge on any atom is -0.368 e. The standard InChI is InChI=1S/C12H16N4OS2/c1-4-16-9(8-6-5-7-18-8)14-15-11(16)19-12(2,3)10(13)17/h5-7H,4H2,1-3H3,(H2,13,17). The van der Waals surface area contributed by atoms with Crippen molar-refractivity contribution in [2.75, 3.05) is 0 Å². The Bertz CT molecular complexity index is 575. The van der Waals surface area contributed by atoms with Gasteiger partial charge in [0, 0.05) is 6.54 Å². The zero-order valence-corrected chi connectivity index (χ0v) is 12.7. The van der Waals surface area contributed by atoms with Gasteiger partial charge in [0.05, 0.1) is 9.62 Å². The van der Waals surface area contributed by atoms with E-state index in [1.807, 2.05) is 29.0 Å². The van der Waals surface area contributed by atoms with Crippen molar-refractivity contribution in [3.63, 3.8) is 0 Å². The molecular formula is C12H16N4OS2. The van der Waals surface area contributed by atoms with E-state index in [-0.39, 0.29) is 5.91 Å². The molecule has 0 aliphatic heterocycles. The van der Waals surface area contributed by atoms with E-state index in [0.717, 1.165) is 22.4 Å². The molecule has 0 aromatic carbocycles. The molecule has 102 valence electrons. The number of thioether (sulfide) groups is 1. The highest BCUT2D eigenvalue weighted by Gasteiger charge is 2.29. The van der Waals surface area contributed by atoms with Crippen molar-refractivity contribution in [3.05, 3.63) is 17.5 Å². The van der Waals surface area contributed by atoms with Crippen LogP contribution in [0.1, 0.15) is 20.8 Å². The van der Waals surface area contributed by atoms with Crippen LogP contribution >= 0.6 is 23.1 Å². The smallest absolute Gasteiger partial charge is 0.233 e. The third kappa shape index (κ3) is 2.82. The van der Waals surface area contributed by atoms with Gasteiger partial charge in [-0.1, -0.05) is 17.8 Å². The van der Waals surface area contributed by atoms with Crippen LogP contribution in [0.3, 0.4) is 0 Å². The molecular weight excluding hydrogens is 280 g/mol. The molecule has 0 fully saturated rings. The molecule has 0 bridgehead atoms. The summed E-state index contributed by atoms with van der Waals surface area (Å²) < 4.78 is 1.30. The Morgan fingerprint density at radius 1 is 1.53 bits per heavy atom. The van der Waals surface area contributed by atoms with E-state index in [0.29, 0.717) is 0 Å². The summed E-state index contributed by atoms with van der Waals surface area (Å²) in [5, 5.41) is 11.1. The van der Waals surface area contributed by atoms with Crippen molar-refractivity contribution in [1.82, 2.24) is 14.8 Å². The van der Waals surface area contributed by atoms with Crippen molar-refractivity contribution < 1.29 is 4.79 Å². The molecule has 5 nitrogen and oxygen atoms in total. The normalized spacial score (nSPS) is 11.7. The number of carbonyl (C=O) groups is 1. The summed E-state index contributed by atoms with van der Waals surface area (Å²) in [5.74, 6) is 0.473. The van der Waals surface area contributed by atoms with E-state index in [9.17, 15) is 4.79 Å². The number of rotatable bonds is 5. The van der Waals surface area contributed by atoms with Gasteiger partial charge >= 0.3 is 0 Å². The molecule has 2 aromatic rings. The molecule has 2 aromatic heterocycles. The minimum atomic E-state index is -0.702. The Labute approximate surface area is 120 Å². The third-order valence-electron chi connectivity index (χ3n) is 2.71. The number of carbonyl (C=O) groups excluding carboxylic acids is 1. The van der Waals surface area contributed by atoms with Gasteiger partial charge in [-0.3, -0.25) is 4.79 Å². The quantitative estimate of drug-likeness (QED) is 0.860. The number of aromatic nitrogens is 3. The van der Waals surface area contributed by atoms with Crippen molar-refractivity contribution in [1.29, 1.82) is 0 Å². The molecule has 0 aliphatic carbocycles. The summed E-state index contributed by atoms with van der Waals surface area (Å²) in [5.41, 5.74) is 5.40. The first-order chi connectivity index (χ1) is 8.95. The molecule has 0 unspecified atom stereocenters. The molecule has 7 heteroatoms. The van der Waals surface area contributed by atoms with Crippen LogP contribution in [-0.2, 0) is 11.3 Å². The first-order valence-electron chi connectivity index (χ1n) is 5.91. The van der Waals surface area contributed by atoms with E-state index in [1.165, 1.54) is 11.8 Å². The summed E-state index contributed by atoms with van der Waals surface area (Å²) >= 11 is 2.96. The second-order valence-electron chi connectivity index (χ2n) is 4.50. The SMILES string of the molecule is CCn1c(SC(C)(C)C(N)=O)nnc1-c1cccs1. The maximum Gasteiger partial charge on any atom is 0.233 e. The van der Waals surface area contributed by atoms with Crippen molar-refractivity contribution >= 4 is 29.0 Å². The van der Waals surface area contributed by atoms with Crippen LogP contribution in [0.4, 0.5) is 0 Å². The summed E-state index contributed by atoms with van der Waals surface area (Å²) in [4.78, 5) is 12.5. The summed E-state index contributed by atoms with van der Waals surface area (Å²) in [7, 11) is 0. The Morgan fingerprint density at radius 3 is 2.79 bits per heavy atom. The van der Waals surface area contributed by atoms with Gasteiger partial charge in [0.15, 0.2) is 11.0 Å². The van der Waals surface area contributed by atoms with Crippen molar-refractivity contribution in [2.45, 2.75) is 37.2 Å². The third-order valence-corrected chi connectivity index (χ3v) is 4.78. The topological polar surface area (TPSA) is 73.8 Å². The second-order valence-corrected chi connectivity index (χ2v) is 7.04. The van der Waals surface area contributed by atoms with Gasteiger partial charge in [-0.15, -0.1) is 21.5 Å². The number of amides is 1. The van der Waals surface area contributed by atoms with Gasteiger partial charge in [0.1, 0.15) is 0 Å². The highest BCUT2D eigenvalue weighted by Crippen LogP contribution is 2.33. The molecule has 19 heavy (non-hydrogen) atoms. The van der Waals surface area contributed by atoms with Crippen LogP contribution < -0.4 is 5.73 Å². The average Bonchev–Trinajstić information content (AvgIpc) is 2.96. The second kappa shape index (κ2) is 5.34. The number of primary amides is 1. The van der Waals surface area contributed by atoms with Crippen LogP contribution in [0, 0.1) is 0 Å². The van der Waals surface area contributed by atoms with Crippen LogP contribution in [0.2, 0.25) is 0 Å². The minimum absolute atomic E-state index is 0.360. The van der Waals surface area contributed by atoms with E-state index >= 15 is 0 Å². The molecule has 2 rings (SSSR count). The Balaban J connectivity index is 2.36. The van der Waals surface area contributed by atoms with Gasteiger partial charge in [0.2, 0.25) is 5.91 Å². The Morgan fingerprint density at radius 2 is 2.26 bits per heavy atom. The molecule has 0 saturated carbocycles. The lowest BCUT2D eigenvalue weighted by atomic mass is 10.2. The molecule has 2 heterocycles. The number of hydrogen-bond donors (Lipinski definition) is 1. The van der Waals surface area contributed by atoms with E-state index in [1.54, 1.807) is 25.2 Å². The number of nitrogens with two attached hydrogens (primary N) is 1. The van der Waals surface area contributed by atoms with Gasteiger partial charge < -0.3 is 10.3 Å². The maximum absolute atomic E-state index is 11.4. The Hall–Kier alpha value is -1.34. The van der Waals surface area contributed by atoms with E-state index in [2.05, 4.69) is 10.2 Å². The molecule has 0 spiro atoms. The number of nitrogens with zero attached hydrogens (tertiary/aromatic N) is 3. The van der Waals surface area contributed by atoms with Gasteiger partial charge in [0.25, 0.3) is 0 Å². The van der Waals surface area contributed by atoms with Crippen LogP contribution in [0.25, 0.3) is 10.7 Å². The predicted octanol–water partition coefficient (Wildman–Crippen LogP) is 2.38. The van der Waals surface area contributed by atoms with Crippen LogP contribution in [-0.4, -0.2) is 25.4 Å². The zero-order valence-electron chi connectivity index (χ0n) is 11.1. The highest BCUT2D eigenvalue weighted by atomic mass is 32.2. The van der Waals surface area contributed by atoms with Crippen molar-refractivity contribution in [3.8, 4) is 10.7 Å². The fourth-order valence-corrected chi connectivity index (χ4v) is 3.20. The number of thiophene rings is 1. The molecule has 0 atom stereocenters. The summed E-state index contributed by atoms with van der Waals surface area (Å²) in [6.45, 7) is 6.36. The molecule has 0 saturated heterocycles. The van der Waals surface area contributed by atoms with E-state index in [4.69, 9.17) is 5.73 Å². The fourth-order valence-electron chi connectivity index (χ4n) is 1.52. The van der Waals surface area contributed by atoms with Crippen molar-refractivity contribution in [2.24, 2.45) is 5.73 Å². The highest BCUT2D eigenvalue weighted by molar-refractivity contribution is 8.01. The maximum atomic E-state index is 11.4. The van der Waals surface area contributed by atoms with Crippen LogP contribution in [0.15, 0.2) is 22.7 Å². The summed E-state index contributed by atoms with van der Waals surface area (Å²) in [6, 6.07) is 3.99. The number of hydrogen-bond acceptors (Lipinski definition) is 5. The first kappa shape index (κ1) is 14.1. The Kier molecular flexibility index (Phi) is 3.96. The fraction of sp³-hybridized carbons (Fsp3) is 0.417. The van der Waals surface area contributed by atoms with Gasteiger partial charge in [-0.2, -0.15) is 0 Å². The molecule has 1 amide bonds. The predicted molar refractivity (Wildman–Crippen MR) is 78.1 cm³/mol. The lowest BCUT2D eigenvalue weighted by Crippen LogP contribution is -2.35. The summed E-state index contributed by atoms with van der Waals surface area (Å²) in [6.07, 6.45) is 0. The van der Waals surface area contributed by atoms with E-state index < -0.39 is 4.75 Å². The zero-order chi connectivity index (χ0) is 14.0. The van der Waals surface area contributed by atoms with Gasteiger partial charge in [-0.25, -0.2) is 0 Å². The van der Waals surface area contributed by atoms with Gasteiger partial charge in [-0.05, 0) is 32.2 Å². The first-order valence-corrected chi connectivity index (χ1v) is 7.61. The molecule has 2 N–H and O–H groups in total. The largest absolute Gasteiger partial charge is 0.368 e. The average molecular weight is 296 g/mol. The lowest BCUT2D eigenvalue weighted by molar-refractivity contribution is -0.119. The monoisotopic (exact) mass is 296 g/mol. The molecule has 0 radical (unpaired) electrons. The lowest BCUT2D eigenvalue weighted by Gasteiger charge is -2.19. The van der Waals surface area contributed by atoms with Crippen LogP contribution in [0.5, 0.6) is 0 Å². The molecule has 0 aliphatic rings.